The molecule has 0 aliphatic carbocycles. The molecule has 1 N–H and O–H groups in total. The van der Waals surface area contributed by atoms with Gasteiger partial charge in [0.25, 0.3) is 0 Å². The maximum atomic E-state index is 5.21. The lowest BCUT2D eigenvalue weighted by atomic mass is 10.2. The van der Waals surface area contributed by atoms with Gasteiger partial charge in [-0.05, 0) is 31.5 Å². The lowest BCUT2D eigenvalue weighted by molar-refractivity contribution is 0.414. The van der Waals surface area contributed by atoms with E-state index in [1.807, 2.05) is 36.0 Å². The smallest absolute Gasteiger partial charge is 0.119 e. The monoisotopic (exact) mass is 281 g/mol. The number of nitrogens with one attached hydrogen (secondary N) is 1. The molecule has 1 heterocycles. The predicted octanol–water partition coefficient (Wildman–Crippen LogP) is 3.25. The summed E-state index contributed by atoms with van der Waals surface area (Å²) in [6.45, 7) is 5.76. The van der Waals surface area contributed by atoms with E-state index in [4.69, 9.17) is 4.74 Å². The van der Waals surface area contributed by atoms with E-state index in [0.29, 0.717) is 0 Å². The van der Waals surface area contributed by atoms with Crippen molar-refractivity contribution in [1.82, 2.24) is 9.78 Å². The van der Waals surface area contributed by atoms with Crippen LogP contribution in [-0.2, 0) is 13.1 Å². The minimum absolute atomic E-state index is 0. The van der Waals surface area contributed by atoms with Crippen molar-refractivity contribution in [3.05, 3.63) is 41.7 Å². The molecule has 2 rings (SSSR count). The number of aromatic nitrogens is 2. The standard InChI is InChI=1S/C14H19N3O.ClH/c1-4-17-10-14(11(2)16-17)15-9-12-6-5-7-13(8-12)18-3;/h5-8,10,15H,4,9H2,1-3H3;1H. The summed E-state index contributed by atoms with van der Waals surface area (Å²) in [5.41, 5.74) is 3.30. The number of rotatable bonds is 5. The fourth-order valence-corrected chi connectivity index (χ4v) is 1.83. The molecule has 0 saturated carbocycles. The molecule has 0 fully saturated rings. The summed E-state index contributed by atoms with van der Waals surface area (Å²) in [7, 11) is 1.68. The Hall–Kier alpha value is -1.68. The number of benzene rings is 1. The van der Waals surface area contributed by atoms with E-state index in [-0.39, 0.29) is 12.4 Å². The van der Waals surface area contributed by atoms with E-state index in [1.54, 1.807) is 7.11 Å². The third-order valence-electron chi connectivity index (χ3n) is 2.89. The lowest BCUT2D eigenvalue weighted by Gasteiger charge is -2.06. The Morgan fingerprint density at radius 2 is 2.16 bits per heavy atom. The number of halogens is 1. The molecule has 0 unspecified atom stereocenters. The van der Waals surface area contributed by atoms with Gasteiger partial charge in [0.1, 0.15) is 5.75 Å². The summed E-state index contributed by atoms with van der Waals surface area (Å²) in [6, 6.07) is 8.06. The number of hydrogen-bond donors (Lipinski definition) is 1. The SMILES string of the molecule is CCn1cc(NCc2cccc(OC)c2)c(C)n1.Cl. The number of hydrogen-bond acceptors (Lipinski definition) is 3. The van der Waals surface area contributed by atoms with Gasteiger partial charge in [-0.2, -0.15) is 5.10 Å². The summed E-state index contributed by atoms with van der Waals surface area (Å²) >= 11 is 0. The molecule has 104 valence electrons. The van der Waals surface area contributed by atoms with Crippen LogP contribution in [0, 0.1) is 6.92 Å². The third-order valence-corrected chi connectivity index (χ3v) is 2.89. The van der Waals surface area contributed by atoms with Crippen molar-refractivity contribution >= 4 is 18.1 Å². The minimum atomic E-state index is 0. The molecule has 0 amide bonds. The first-order chi connectivity index (χ1) is 8.72. The number of ether oxygens (including phenoxy) is 1. The highest BCUT2D eigenvalue weighted by Gasteiger charge is 2.03. The second-order valence-corrected chi connectivity index (χ2v) is 4.19. The molecule has 0 aliphatic rings. The van der Waals surface area contributed by atoms with Gasteiger partial charge in [-0.15, -0.1) is 12.4 Å². The van der Waals surface area contributed by atoms with Gasteiger partial charge in [-0.3, -0.25) is 4.68 Å². The van der Waals surface area contributed by atoms with Crippen molar-refractivity contribution in [1.29, 1.82) is 0 Å². The third kappa shape index (κ3) is 3.89. The van der Waals surface area contributed by atoms with E-state index < -0.39 is 0 Å². The summed E-state index contributed by atoms with van der Waals surface area (Å²) in [5, 5.41) is 7.80. The van der Waals surface area contributed by atoms with Gasteiger partial charge in [0.2, 0.25) is 0 Å². The Morgan fingerprint density at radius 1 is 1.37 bits per heavy atom. The largest absolute Gasteiger partial charge is 0.497 e. The van der Waals surface area contributed by atoms with Crippen LogP contribution in [0.5, 0.6) is 5.75 Å². The zero-order chi connectivity index (χ0) is 13.0. The van der Waals surface area contributed by atoms with Gasteiger partial charge < -0.3 is 10.1 Å². The highest BCUT2D eigenvalue weighted by molar-refractivity contribution is 5.85. The van der Waals surface area contributed by atoms with E-state index in [2.05, 4.69) is 23.4 Å². The van der Waals surface area contributed by atoms with E-state index in [1.165, 1.54) is 5.56 Å². The lowest BCUT2D eigenvalue weighted by Crippen LogP contribution is -2.00. The second-order valence-electron chi connectivity index (χ2n) is 4.19. The Bertz CT molecular complexity index is 525. The number of methoxy groups -OCH3 is 1. The molecule has 1 aromatic carbocycles. The molecule has 1 aromatic heterocycles. The van der Waals surface area contributed by atoms with Crippen LogP contribution >= 0.6 is 12.4 Å². The minimum Gasteiger partial charge on any atom is -0.497 e. The van der Waals surface area contributed by atoms with Crippen LogP contribution in [0.25, 0.3) is 0 Å². The summed E-state index contributed by atoms with van der Waals surface area (Å²) in [6.07, 6.45) is 2.04. The van der Waals surface area contributed by atoms with E-state index in [0.717, 1.165) is 30.2 Å². The predicted molar refractivity (Wildman–Crippen MR) is 80.2 cm³/mol. The summed E-state index contributed by atoms with van der Waals surface area (Å²) in [5.74, 6) is 0.885. The van der Waals surface area contributed by atoms with Gasteiger partial charge in [0.05, 0.1) is 18.5 Å². The van der Waals surface area contributed by atoms with Crippen LogP contribution in [0.2, 0.25) is 0 Å². The Balaban J connectivity index is 0.00000180. The van der Waals surface area contributed by atoms with Crippen molar-refractivity contribution in [2.45, 2.75) is 26.9 Å². The van der Waals surface area contributed by atoms with Crippen molar-refractivity contribution in [3.8, 4) is 5.75 Å². The molecular formula is C14H20ClN3O. The van der Waals surface area contributed by atoms with E-state index in [9.17, 15) is 0 Å². The van der Waals surface area contributed by atoms with Gasteiger partial charge in [0, 0.05) is 19.3 Å². The molecule has 0 aliphatic heterocycles. The average molecular weight is 282 g/mol. The highest BCUT2D eigenvalue weighted by Crippen LogP contribution is 2.16. The van der Waals surface area contributed by atoms with E-state index >= 15 is 0 Å². The first-order valence-electron chi connectivity index (χ1n) is 6.13. The quantitative estimate of drug-likeness (QED) is 0.914. The van der Waals surface area contributed by atoms with Crippen LogP contribution in [0.15, 0.2) is 30.5 Å². The normalized spacial score (nSPS) is 9.84. The molecule has 0 spiro atoms. The summed E-state index contributed by atoms with van der Waals surface area (Å²) < 4.78 is 7.14. The van der Waals surface area contributed by atoms with Crippen molar-refractivity contribution in [3.63, 3.8) is 0 Å². The van der Waals surface area contributed by atoms with Crippen LogP contribution in [-0.4, -0.2) is 16.9 Å². The first-order valence-corrected chi connectivity index (χ1v) is 6.13. The highest BCUT2D eigenvalue weighted by atomic mass is 35.5. The molecule has 4 nitrogen and oxygen atoms in total. The van der Waals surface area contributed by atoms with Crippen molar-refractivity contribution < 1.29 is 4.74 Å². The van der Waals surface area contributed by atoms with Crippen LogP contribution in [0.3, 0.4) is 0 Å². The molecule has 0 bridgehead atoms. The Labute approximate surface area is 120 Å². The molecule has 0 radical (unpaired) electrons. The van der Waals surface area contributed by atoms with Gasteiger partial charge in [-0.25, -0.2) is 0 Å². The van der Waals surface area contributed by atoms with Gasteiger partial charge in [0.15, 0.2) is 0 Å². The zero-order valence-electron chi connectivity index (χ0n) is 11.5. The van der Waals surface area contributed by atoms with Crippen LogP contribution in [0.1, 0.15) is 18.2 Å². The molecule has 19 heavy (non-hydrogen) atoms. The number of anilines is 1. The molecule has 2 aromatic rings. The number of nitrogens with zero attached hydrogens (tertiary/aromatic N) is 2. The number of aryl methyl sites for hydroxylation is 2. The fraction of sp³-hybridized carbons (Fsp3) is 0.357. The molecular weight excluding hydrogens is 262 g/mol. The molecule has 0 atom stereocenters. The summed E-state index contributed by atoms with van der Waals surface area (Å²) in [4.78, 5) is 0. The Kier molecular flexibility index (Phi) is 5.70. The topological polar surface area (TPSA) is 39.1 Å². The Morgan fingerprint density at radius 3 is 2.79 bits per heavy atom. The van der Waals surface area contributed by atoms with Crippen molar-refractivity contribution in [2.75, 3.05) is 12.4 Å². The maximum Gasteiger partial charge on any atom is 0.119 e. The van der Waals surface area contributed by atoms with Gasteiger partial charge >= 0.3 is 0 Å². The van der Waals surface area contributed by atoms with Crippen LogP contribution in [0.4, 0.5) is 5.69 Å². The average Bonchev–Trinajstić information content (AvgIpc) is 2.77. The molecule has 5 heteroatoms. The van der Waals surface area contributed by atoms with Crippen molar-refractivity contribution in [2.24, 2.45) is 0 Å². The second kappa shape index (κ2) is 7.04. The van der Waals surface area contributed by atoms with Gasteiger partial charge in [-0.1, -0.05) is 12.1 Å². The molecule has 0 saturated heterocycles. The zero-order valence-corrected chi connectivity index (χ0v) is 12.3. The van der Waals surface area contributed by atoms with Crippen LogP contribution < -0.4 is 10.1 Å². The maximum absolute atomic E-state index is 5.21. The first kappa shape index (κ1) is 15.4. The fourth-order valence-electron chi connectivity index (χ4n) is 1.83.